The maximum atomic E-state index is 12.1. The highest BCUT2D eigenvalue weighted by Gasteiger charge is 2.36. The van der Waals surface area contributed by atoms with E-state index in [4.69, 9.17) is 11.6 Å². The van der Waals surface area contributed by atoms with Crippen LogP contribution in [0.4, 0.5) is 0 Å². The fraction of sp³-hybridized carbons (Fsp3) is 0.929. The van der Waals surface area contributed by atoms with Gasteiger partial charge in [0.2, 0.25) is 5.91 Å². The summed E-state index contributed by atoms with van der Waals surface area (Å²) in [6.07, 6.45) is 5.31. The van der Waals surface area contributed by atoms with Gasteiger partial charge in [0.25, 0.3) is 0 Å². The highest BCUT2D eigenvalue weighted by atomic mass is 35.5. The Morgan fingerprint density at radius 3 is 2.35 bits per heavy atom. The minimum absolute atomic E-state index is 0.0314. The van der Waals surface area contributed by atoms with Gasteiger partial charge in [-0.15, -0.1) is 11.6 Å². The molecule has 0 spiro atoms. The van der Waals surface area contributed by atoms with Crippen molar-refractivity contribution >= 4 is 17.5 Å². The minimum atomic E-state index is -0.141. The van der Waals surface area contributed by atoms with Crippen LogP contribution in [0.3, 0.4) is 0 Å². The summed E-state index contributed by atoms with van der Waals surface area (Å²) in [5, 5.41) is 3.05. The van der Waals surface area contributed by atoms with E-state index in [1.54, 1.807) is 0 Å². The lowest BCUT2D eigenvalue weighted by atomic mass is 9.87. The summed E-state index contributed by atoms with van der Waals surface area (Å²) < 4.78 is 0. The van der Waals surface area contributed by atoms with Crippen LogP contribution >= 0.6 is 11.6 Å². The Kier molecular flexibility index (Phi) is 4.88. The molecule has 1 aliphatic rings. The molecule has 1 atom stereocenters. The van der Waals surface area contributed by atoms with Crippen molar-refractivity contribution in [3.63, 3.8) is 0 Å². The van der Waals surface area contributed by atoms with Crippen LogP contribution < -0.4 is 5.32 Å². The number of amides is 1. The first kappa shape index (κ1) is 14.8. The molecule has 0 aliphatic heterocycles. The van der Waals surface area contributed by atoms with Crippen molar-refractivity contribution in [3.05, 3.63) is 0 Å². The van der Waals surface area contributed by atoms with Gasteiger partial charge in [0.05, 0.1) is 5.38 Å². The van der Waals surface area contributed by atoms with Gasteiger partial charge in [-0.05, 0) is 24.7 Å². The molecule has 3 heteroatoms. The lowest BCUT2D eigenvalue weighted by Crippen LogP contribution is -2.40. The van der Waals surface area contributed by atoms with Crippen LogP contribution in [0.2, 0.25) is 0 Å². The van der Waals surface area contributed by atoms with Crippen molar-refractivity contribution in [2.75, 3.05) is 6.54 Å². The second kappa shape index (κ2) is 5.60. The van der Waals surface area contributed by atoms with Crippen LogP contribution in [0.15, 0.2) is 0 Å². The van der Waals surface area contributed by atoms with E-state index >= 15 is 0 Å². The SMILES string of the molecule is CC(C)(C)CC(Cl)CNC(=O)C1(C)CCCC1. The molecule has 1 unspecified atom stereocenters. The van der Waals surface area contributed by atoms with Crippen molar-refractivity contribution < 1.29 is 4.79 Å². The summed E-state index contributed by atoms with van der Waals surface area (Å²) in [6.45, 7) is 9.17. The van der Waals surface area contributed by atoms with Crippen molar-refractivity contribution in [2.24, 2.45) is 10.8 Å². The first-order valence-electron chi connectivity index (χ1n) is 6.65. The molecular formula is C14H26ClNO. The van der Waals surface area contributed by atoms with Gasteiger partial charge in [-0.25, -0.2) is 0 Å². The number of alkyl halides is 1. The topological polar surface area (TPSA) is 29.1 Å². The number of carbonyl (C=O) groups is 1. The van der Waals surface area contributed by atoms with E-state index < -0.39 is 0 Å². The van der Waals surface area contributed by atoms with Gasteiger partial charge < -0.3 is 5.32 Å². The third-order valence-corrected chi connectivity index (χ3v) is 3.88. The molecule has 1 saturated carbocycles. The molecule has 100 valence electrons. The highest BCUT2D eigenvalue weighted by molar-refractivity contribution is 6.20. The molecule has 0 bridgehead atoms. The Hall–Kier alpha value is -0.240. The largest absolute Gasteiger partial charge is 0.354 e. The zero-order chi connectivity index (χ0) is 13.1. The van der Waals surface area contributed by atoms with Gasteiger partial charge in [0.1, 0.15) is 0 Å². The van der Waals surface area contributed by atoms with Crippen LogP contribution in [-0.4, -0.2) is 17.8 Å². The number of carbonyl (C=O) groups excluding carboxylic acids is 1. The molecule has 1 rings (SSSR count). The predicted octanol–water partition coefficient (Wildman–Crippen LogP) is 3.73. The van der Waals surface area contributed by atoms with Gasteiger partial charge in [0, 0.05) is 12.0 Å². The second-order valence-electron chi connectivity index (χ2n) is 6.84. The molecule has 0 heterocycles. The van der Waals surface area contributed by atoms with E-state index in [1.807, 2.05) is 0 Å². The van der Waals surface area contributed by atoms with Crippen molar-refractivity contribution in [3.8, 4) is 0 Å². The second-order valence-corrected chi connectivity index (χ2v) is 7.46. The maximum Gasteiger partial charge on any atom is 0.225 e. The summed E-state index contributed by atoms with van der Waals surface area (Å²) in [5.74, 6) is 0.189. The number of hydrogen-bond acceptors (Lipinski definition) is 1. The van der Waals surface area contributed by atoms with Crippen molar-refractivity contribution in [2.45, 2.75) is 65.2 Å². The molecular weight excluding hydrogens is 234 g/mol. The maximum absolute atomic E-state index is 12.1. The molecule has 2 nitrogen and oxygen atoms in total. The van der Waals surface area contributed by atoms with Crippen molar-refractivity contribution in [1.82, 2.24) is 5.32 Å². The number of rotatable bonds is 4. The first-order chi connectivity index (χ1) is 7.73. The smallest absolute Gasteiger partial charge is 0.225 e. The third-order valence-electron chi connectivity index (χ3n) is 3.57. The third kappa shape index (κ3) is 4.87. The molecule has 0 saturated heterocycles. The van der Waals surface area contributed by atoms with E-state index in [9.17, 15) is 4.79 Å². The normalized spacial score (nSPS) is 21.2. The van der Waals surface area contributed by atoms with Crippen LogP contribution in [-0.2, 0) is 4.79 Å². The van der Waals surface area contributed by atoms with Gasteiger partial charge >= 0.3 is 0 Å². The average Bonchev–Trinajstić information content (AvgIpc) is 2.60. The molecule has 0 aromatic rings. The van der Waals surface area contributed by atoms with Gasteiger partial charge in [-0.1, -0.05) is 40.5 Å². The highest BCUT2D eigenvalue weighted by Crippen LogP contribution is 2.37. The van der Waals surface area contributed by atoms with Crippen molar-refractivity contribution in [1.29, 1.82) is 0 Å². The van der Waals surface area contributed by atoms with Crippen LogP contribution in [0, 0.1) is 10.8 Å². The summed E-state index contributed by atoms with van der Waals surface area (Å²) in [5.41, 5.74) is 0.0761. The Morgan fingerprint density at radius 1 is 1.35 bits per heavy atom. The van der Waals surface area contributed by atoms with E-state index in [-0.39, 0.29) is 22.1 Å². The van der Waals surface area contributed by atoms with E-state index in [0.29, 0.717) is 6.54 Å². The Labute approximate surface area is 110 Å². The van der Waals surface area contributed by atoms with Gasteiger partial charge in [0.15, 0.2) is 0 Å². The van der Waals surface area contributed by atoms with Crippen LogP contribution in [0.25, 0.3) is 0 Å². The molecule has 1 fully saturated rings. The fourth-order valence-corrected chi connectivity index (χ4v) is 3.08. The van der Waals surface area contributed by atoms with Gasteiger partial charge in [-0.3, -0.25) is 4.79 Å². The van der Waals surface area contributed by atoms with Crippen LogP contribution in [0.1, 0.15) is 59.8 Å². The number of halogens is 1. The number of nitrogens with one attached hydrogen (secondary N) is 1. The first-order valence-corrected chi connectivity index (χ1v) is 7.09. The Morgan fingerprint density at radius 2 is 1.88 bits per heavy atom. The zero-order valence-corrected chi connectivity index (χ0v) is 12.4. The Bertz CT molecular complexity index is 264. The summed E-state index contributed by atoms with van der Waals surface area (Å²) >= 11 is 6.25. The van der Waals surface area contributed by atoms with E-state index in [2.05, 4.69) is 33.0 Å². The standard InChI is InChI=1S/C14H26ClNO/c1-13(2,3)9-11(15)10-16-12(17)14(4)7-5-6-8-14/h11H,5-10H2,1-4H3,(H,16,17). The summed E-state index contributed by atoms with van der Waals surface area (Å²) in [6, 6.07) is 0. The fourth-order valence-electron chi connectivity index (χ4n) is 2.54. The van der Waals surface area contributed by atoms with E-state index in [0.717, 1.165) is 19.3 Å². The van der Waals surface area contributed by atoms with Gasteiger partial charge in [-0.2, -0.15) is 0 Å². The molecule has 1 N–H and O–H groups in total. The van der Waals surface area contributed by atoms with E-state index in [1.165, 1.54) is 12.8 Å². The zero-order valence-electron chi connectivity index (χ0n) is 11.6. The van der Waals surface area contributed by atoms with Crippen LogP contribution in [0.5, 0.6) is 0 Å². The lowest BCUT2D eigenvalue weighted by Gasteiger charge is -2.25. The summed E-state index contributed by atoms with van der Waals surface area (Å²) in [4.78, 5) is 12.1. The summed E-state index contributed by atoms with van der Waals surface area (Å²) in [7, 11) is 0. The quantitative estimate of drug-likeness (QED) is 0.766. The monoisotopic (exact) mass is 259 g/mol. The molecule has 0 radical (unpaired) electrons. The average molecular weight is 260 g/mol. The number of hydrogen-bond donors (Lipinski definition) is 1. The molecule has 0 aromatic carbocycles. The lowest BCUT2D eigenvalue weighted by molar-refractivity contribution is -0.129. The predicted molar refractivity (Wildman–Crippen MR) is 73.3 cm³/mol. The molecule has 1 aliphatic carbocycles. The molecule has 1 amide bonds. The Balaban J connectivity index is 2.33. The molecule has 17 heavy (non-hydrogen) atoms. The minimum Gasteiger partial charge on any atom is -0.354 e. The molecule has 0 aromatic heterocycles.